The van der Waals surface area contributed by atoms with Crippen LogP contribution in [-0.4, -0.2) is 23.5 Å². The molecule has 0 aliphatic heterocycles. The number of nitrogens with two attached hydrogens (primary N) is 1. The van der Waals surface area contributed by atoms with Gasteiger partial charge in [-0.2, -0.15) is 0 Å². The predicted octanol–water partition coefficient (Wildman–Crippen LogP) is 1.86. The Morgan fingerprint density at radius 1 is 1.69 bits per heavy atom. The first-order valence-corrected chi connectivity index (χ1v) is 6.10. The van der Waals surface area contributed by atoms with Gasteiger partial charge in [-0.25, -0.2) is 0 Å². The number of thioether (sulfide) groups is 1. The van der Waals surface area contributed by atoms with Gasteiger partial charge in [0.25, 0.3) is 0 Å². The van der Waals surface area contributed by atoms with Crippen molar-refractivity contribution >= 4 is 23.1 Å². The summed E-state index contributed by atoms with van der Waals surface area (Å²) in [5.74, 6) is 0. The second-order valence-corrected chi connectivity index (χ2v) is 5.49. The molecular weight excluding hydrogens is 202 g/mol. The van der Waals surface area contributed by atoms with Crippen LogP contribution in [0.3, 0.4) is 0 Å². The van der Waals surface area contributed by atoms with E-state index < -0.39 is 0 Å². The molecule has 0 aromatic carbocycles. The van der Waals surface area contributed by atoms with E-state index in [-0.39, 0.29) is 11.9 Å². The molecule has 4 heteroatoms. The summed E-state index contributed by atoms with van der Waals surface area (Å²) in [6.07, 6.45) is 0. The summed E-state index contributed by atoms with van der Waals surface area (Å²) in [6, 6.07) is 4.13. The van der Waals surface area contributed by atoms with Crippen LogP contribution in [0.15, 0.2) is 17.5 Å². The highest BCUT2D eigenvalue weighted by Gasteiger charge is 2.14. The normalized spacial score (nSPS) is 15.6. The monoisotopic (exact) mass is 217 g/mol. The zero-order chi connectivity index (χ0) is 9.68. The molecule has 0 bridgehead atoms. The predicted molar refractivity (Wildman–Crippen MR) is 60.3 cm³/mol. The Balaban J connectivity index is 2.53. The minimum Gasteiger partial charge on any atom is -0.395 e. The molecule has 1 heterocycles. The highest BCUT2D eigenvalue weighted by molar-refractivity contribution is 8.00. The first-order valence-electron chi connectivity index (χ1n) is 4.27. The van der Waals surface area contributed by atoms with Crippen LogP contribution in [-0.2, 0) is 0 Å². The first kappa shape index (κ1) is 11.0. The van der Waals surface area contributed by atoms with Crippen molar-refractivity contribution in [1.29, 1.82) is 0 Å². The maximum absolute atomic E-state index is 8.92. The van der Waals surface area contributed by atoms with Crippen LogP contribution in [0.5, 0.6) is 0 Å². The molecule has 1 aromatic rings. The fraction of sp³-hybridized carbons (Fsp3) is 0.556. The molecular formula is C9H15NOS2. The van der Waals surface area contributed by atoms with E-state index in [2.05, 4.69) is 11.4 Å². The van der Waals surface area contributed by atoms with Gasteiger partial charge in [-0.3, -0.25) is 0 Å². The third-order valence-electron chi connectivity index (χ3n) is 1.73. The van der Waals surface area contributed by atoms with Gasteiger partial charge in [-0.05, 0) is 11.4 Å². The Bertz CT molecular complexity index is 226. The van der Waals surface area contributed by atoms with Crippen LogP contribution in [0.2, 0.25) is 0 Å². The summed E-state index contributed by atoms with van der Waals surface area (Å²) >= 11 is 3.46. The molecule has 1 aromatic heterocycles. The molecule has 2 atom stereocenters. The number of aliphatic hydroxyl groups excluding tert-OH is 1. The zero-order valence-electron chi connectivity index (χ0n) is 7.64. The van der Waals surface area contributed by atoms with Crippen LogP contribution in [0, 0.1) is 0 Å². The molecule has 0 spiro atoms. The summed E-state index contributed by atoms with van der Waals surface area (Å²) in [4.78, 5) is 1.30. The first-order chi connectivity index (χ1) is 6.27. The van der Waals surface area contributed by atoms with E-state index >= 15 is 0 Å². The molecule has 2 nitrogen and oxygen atoms in total. The topological polar surface area (TPSA) is 46.2 Å². The Kier molecular flexibility index (Phi) is 4.80. The quantitative estimate of drug-likeness (QED) is 0.791. The lowest BCUT2D eigenvalue weighted by atomic mass is 10.3. The number of hydrogen-bond donors (Lipinski definition) is 2. The molecule has 1 rings (SSSR count). The summed E-state index contributed by atoms with van der Waals surface area (Å²) < 4.78 is 0. The van der Waals surface area contributed by atoms with Gasteiger partial charge in [-0.15, -0.1) is 23.1 Å². The minimum absolute atomic E-state index is 0.215. The van der Waals surface area contributed by atoms with Gasteiger partial charge < -0.3 is 10.8 Å². The Morgan fingerprint density at radius 2 is 2.46 bits per heavy atom. The van der Waals surface area contributed by atoms with Gasteiger partial charge in [0.2, 0.25) is 0 Å². The standard InChI is InChI=1S/C9H15NOS2/c1-7(6-11)13-9(5-10)8-3-2-4-12-8/h2-4,7,9,11H,5-6,10H2,1H3. The van der Waals surface area contributed by atoms with E-state index in [9.17, 15) is 0 Å². The fourth-order valence-corrected chi connectivity index (χ4v) is 3.06. The molecule has 0 amide bonds. The van der Waals surface area contributed by atoms with Gasteiger partial charge in [0.1, 0.15) is 0 Å². The lowest BCUT2D eigenvalue weighted by Crippen LogP contribution is -2.13. The van der Waals surface area contributed by atoms with Crippen LogP contribution in [0.25, 0.3) is 0 Å². The van der Waals surface area contributed by atoms with Crippen molar-refractivity contribution in [2.45, 2.75) is 17.4 Å². The van der Waals surface area contributed by atoms with Crippen molar-refractivity contribution in [1.82, 2.24) is 0 Å². The molecule has 0 fully saturated rings. The van der Waals surface area contributed by atoms with E-state index in [1.807, 2.05) is 13.0 Å². The second-order valence-electron chi connectivity index (χ2n) is 2.87. The van der Waals surface area contributed by atoms with Crippen molar-refractivity contribution in [3.63, 3.8) is 0 Å². The van der Waals surface area contributed by atoms with Crippen molar-refractivity contribution in [2.75, 3.05) is 13.2 Å². The zero-order valence-corrected chi connectivity index (χ0v) is 9.28. The Hall–Kier alpha value is -0.0300. The molecule has 0 aliphatic rings. The largest absolute Gasteiger partial charge is 0.395 e. The molecule has 13 heavy (non-hydrogen) atoms. The maximum atomic E-state index is 8.92. The molecule has 0 saturated carbocycles. The van der Waals surface area contributed by atoms with Gasteiger partial charge in [0.05, 0.1) is 11.9 Å². The van der Waals surface area contributed by atoms with Gasteiger partial charge in [0, 0.05) is 16.7 Å². The minimum atomic E-state index is 0.215. The van der Waals surface area contributed by atoms with E-state index in [1.165, 1.54) is 4.88 Å². The molecule has 0 radical (unpaired) electrons. The molecule has 3 N–H and O–H groups in total. The van der Waals surface area contributed by atoms with Gasteiger partial charge >= 0.3 is 0 Å². The van der Waals surface area contributed by atoms with Crippen LogP contribution in [0.4, 0.5) is 0 Å². The van der Waals surface area contributed by atoms with E-state index in [0.29, 0.717) is 11.8 Å². The van der Waals surface area contributed by atoms with Crippen LogP contribution in [0.1, 0.15) is 17.1 Å². The fourth-order valence-electron chi connectivity index (χ4n) is 1.04. The Morgan fingerprint density at radius 3 is 2.92 bits per heavy atom. The average Bonchev–Trinajstić information content (AvgIpc) is 2.66. The van der Waals surface area contributed by atoms with Crippen molar-refractivity contribution in [2.24, 2.45) is 5.73 Å². The van der Waals surface area contributed by atoms with Crippen LogP contribution < -0.4 is 5.73 Å². The lowest BCUT2D eigenvalue weighted by Gasteiger charge is -2.16. The number of rotatable bonds is 5. The molecule has 0 aliphatic carbocycles. The Labute approximate surface area is 87.2 Å². The third-order valence-corrected chi connectivity index (χ3v) is 4.25. The SMILES string of the molecule is CC(CO)SC(CN)c1cccs1. The summed E-state index contributed by atoms with van der Waals surface area (Å²) in [5, 5.41) is 11.6. The highest BCUT2D eigenvalue weighted by atomic mass is 32.2. The third kappa shape index (κ3) is 3.31. The van der Waals surface area contributed by atoms with E-state index in [1.54, 1.807) is 23.1 Å². The smallest absolute Gasteiger partial charge is 0.0547 e. The molecule has 74 valence electrons. The van der Waals surface area contributed by atoms with Crippen molar-refractivity contribution in [3.05, 3.63) is 22.4 Å². The number of hydrogen-bond acceptors (Lipinski definition) is 4. The average molecular weight is 217 g/mol. The van der Waals surface area contributed by atoms with E-state index in [4.69, 9.17) is 10.8 Å². The molecule has 2 unspecified atom stereocenters. The summed E-state index contributed by atoms with van der Waals surface area (Å²) in [5.41, 5.74) is 5.67. The summed E-state index contributed by atoms with van der Waals surface area (Å²) in [6.45, 7) is 2.86. The molecule has 0 saturated heterocycles. The van der Waals surface area contributed by atoms with Crippen molar-refractivity contribution < 1.29 is 5.11 Å². The van der Waals surface area contributed by atoms with Gasteiger partial charge in [-0.1, -0.05) is 13.0 Å². The lowest BCUT2D eigenvalue weighted by molar-refractivity contribution is 0.300. The van der Waals surface area contributed by atoms with Gasteiger partial charge in [0.15, 0.2) is 0 Å². The highest BCUT2D eigenvalue weighted by Crippen LogP contribution is 2.33. The van der Waals surface area contributed by atoms with E-state index in [0.717, 1.165) is 0 Å². The maximum Gasteiger partial charge on any atom is 0.0547 e. The number of thiophene rings is 1. The van der Waals surface area contributed by atoms with Crippen LogP contribution >= 0.6 is 23.1 Å². The van der Waals surface area contributed by atoms with Crippen molar-refractivity contribution in [3.8, 4) is 0 Å². The number of aliphatic hydroxyl groups is 1. The second kappa shape index (κ2) is 5.65. The summed E-state index contributed by atoms with van der Waals surface area (Å²) in [7, 11) is 0.